The second-order valence-electron chi connectivity index (χ2n) is 5.62. The minimum absolute atomic E-state index is 0.0755. The maximum absolute atomic E-state index is 12.8. The third-order valence-electron chi connectivity index (χ3n) is 4.03. The van der Waals surface area contributed by atoms with E-state index in [1.807, 2.05) is 38.1 Å². The number of thioether (sulfide) groups is 1. The molecule has 0 saturated heterocycles. The number of rotatable bonds is 4. The molecule has 6 nitrogen and oxygen atoms in total. The van der Waals surface area contributed by atoms with Gasteiger partial charge in [0.05, 0.1) is 11.4 Å². The van der Waals surface area contributed by atoms with E-state index in [9.17, 15) is 9.59 Å². The molecular formula is C16H18N4O2S. The van der Waals surface area contributed by atoms with E-state index < -0.39 is 11.9 Å². The molecule has 0 saturated carbocycles. The van der Waals surface area contributed by atoms with Crippen LogP contribution in [0.3, 0.4) is 0 Å². The van der Waals surface area contributed by atoms with Crippen molar-refractivity contribution in [1.29, 1.82) is 0 Å². The van der Waals surface area contributed by atoms with E-state index in [1.54, 1.807) is 0 Å². The molecule has 120 valence electrons. The van der Waals surface area contributed by atoms with Gasteiger partial charge in [0, 0.05) is 5.56 Å². The van der Waals surface area contributed by atoms with Gasteiger partial charge in [-0.05, 0) is 18.1 Å². The van der Waals surface area contributed by atoms with E-state index in [2.05, 4.69) is 9.98 Å². The zero-order valence-electron chi connectivity index (χ0n) is 13.0. The second kappa shape index (κ2) is 6.16. The Balaban J connectivity index is 2.04. The van der Waals surface area contributed by atoms with Crippen molar-refractivity contribution in [1.82, 2.24) is 4.90 Å². The number of hydrogen-bond donors (Lipinski definition) is 1. The first-order valence-corrected chi connectivity index (χ1v) is 8.52. The molecular weight excluding hydrogens is 312 g/mol. The summed E-state index contributed by atoms with van der Waals surface area (Å²) in [4.78, 5) is 34.6. The Labute approximate surface area is 138 Å². The lowest BCUT2D eigenvalue weighted by atomic mass is 10.00. The van der Waals surface area contributed by atoms with E-state index in [-0.39, 0.29) is 17.6 Å². The summed E-state index contributed by atoms with van der Waals surface area (Å²) in [6.45, 7) is 4.06. The van der Waals surface area contributed by atoms with Gasteiger partial charge in [-0.25, -0.2) is 9.89 Å². The highest BCUT2D eigenvalue weighted by molar-refractivity contribution is 8.14. The van der Waals surface area contributed by atoms with Crippen molar-refractivity contribution in [3.05, 3.63) is 29.8 Å². The molecule has 2 aliphatic heterocycles. The molecule has 0 aliphatic carbocycles. The quantitative estimate of drug-likeness (QED) is 0.914. The Kier molecular flexibility index (Phi) is 4.21. The molecule has 1 aromatic rings. The number of amides is 2. The Morgan fingerprint density at radius 2 is 2.17 bits per heavy atom. The fraction of sp³-hybridized carbons (Fsp3) is 0.375. The molecule has 2 atom stereocenters. The van der Waals surface area contributed by atoms with Crippen molar-refractivity contribution in [3.63, 3.8) is 0 Å². The van der Waals surface area contributed by atoms with Gasteiger partial charge in [0.1, 0.15) is 11.9 Å². The van der Waals surface area contributed by atoms with E-state index in [0.717, 1.165) is 17.7 Å². The number of benzene rings is 1. The number of nitrogens with two attached hydrogens (primary N) is 1. The van der Waals surface area contributed by atoms with Gasteiger partial charge >= 0.3 is 0 Å². The summed E-state index contributed by atoms with van der Waals surface area (Å²) in [5.74, 6) is 0.319. The first kappa shape index (κ1) is 15.7. The highest BCUT2D eigenvalue weighted by Gasteiger charge is 2.42. The van der Waals surface area contributed by atoms with Gasteiger partial charge < -0.3 is 5.73 Å². The fourth-order valence-electron chi connectivity index (χ4n) is 2.60. The molecule has 0 fully saturated rings. The average molecular weight is 330 g/mol. The van der Waals surface area contributed by atoms with Crippen LogP contribution >= 0.6 is 11.8 Å². The van der Waals surface area contributed by atoms with E-state index in [4.69, 9.17) is 5.73 Å². The summed E-state index contributed by atoms with van der Waals surface area (Å²) in [7, 11) is 0. The summed E-state index contributed by atoms with van der Waals surface area (Å²) >= 11 is 1.17. The predicted molar refractivity (Wildman–Crippen MR) is 91.8 cm³/mol. The van der Waals surface area contributed by atoms with Crippen LogP contribution in [-0.2, 0) is 9.59 Å². The maximum Gasteiger partial charge on any atom is 0.259 e. The van der Waals surface area contributed by atoms with Crippen molar-refractivity contribution in [2.45, 2.75) is 26.3 Å². The molecule has 2 aliphatic rings. The Morgan fingerprint density at radius 1 is 1.43 bits per heavy atom. The van der Waals surface area contributed by atoms with Gasteiger partial charge in [-0.1, -0.05) is 44.2 Å². The number of para-hydroxylation sites is 1. The number of carbonyl (C=O) groups excluding carboxylic acids is 2. The van der Waals surface area contributed by atoms with Crippen LogP contribution in [0.15, 0.2) is 34.3 Å². The molecule has 2 N–H and O–H groups in total. The van der Waals surface area contributed by atoms with Crippen molar-refractivity contribution in [2.75, 3.05) is 5.75 Å². The fourth-order valence-corrected chi connectivity index (χ4v) is 3.34. The third-order valence-corrected chi connectivity index (χ3v) is 4.99. The molecule has 2 amide bonds. The second-order valence-corrected chi connectivity index (χ2v) is 6.57. The average Bonchev–Trinajstić information content (AvgIpc) is 2.90. The zero-order chi connectivity index (χ0) is 16.6. The van der Waals surface area contributed by atoms with Crippen molar-refractivity contribution < 1.29 is 9.59 Å². The van der Waals surface area contributed by atoms with Crippen molar-refractivity contribution in [2.24, 2.45) is 21.6 Å². The number of aliphatic imine (C=N–C) groups is 2. The normalized spacial score (nSPS) is 20.5. The zero-order valence-corrected chi connectivity index (χ0v) is 13.8. The van der Waals surface area contributed by atoms with Crippen LogP contribution in [0.4, 0.5) is 5.69 Å². The van der Waals surface area contributed by atoms with E-state index in [0.29, 0.717) is 11.0 Å². The summed E-state index contributed by atoms with van der Waals surface area (Å²) in [5, 5.41) is 0.469. The van der Waals surface area contributed by atoms with Crippen LogP contribution in [0.25, 0.3) is 0 Å². The number of carbonyl (C=O) groups is 2. The Morgan fingerprint density at radius 3 is 2.87 bits per heavy atom. The Bertz CT molecular complexity index is 729. The van der Waals surface area contributed by atoms with Crippen LogP contribution in [0, 0.1) is 5.92 Å². The SMILES string of the molecule is CCC(C)C1N=C2c3ccccc3N=C(SCC(N)=O)N2C1=O. The molecule has 0 radical (unpaired) electrons. The standard InChI is InChI=1S/C16H18N4O2S/c1-3-9(2)13-15(22)20-14(19-13)10-6-4-5-7-11(10)18-16(20)23-8-12(17)21/h4-7,9,13H,3,8H2,1-2H3,(H2,17,21). The van der Waals surface area contributed by atoms with Gasteiger partial charge in [0.25, 0.3) is 5.91 Å². The predicted octanol–water partition coefficient (Wildman–Crippen LogP) is 1.91. The van der Waals surface area contributed by atoms with Gasteiger partial charge in [-0.15, -0.1) is 0 Å². The van der Waals surface area contributed by atoms with Crippen LogP contribution < -0.4 is 5.73 Å². The smallest absolute Gasteiger partial charge is 0.259 e. The first-order chi connectivity index (χ1) is 11.0. The van der Waals surface area contributed by atoms with Crippen molar-refractivity contribution in [3.8, 4) is 0 Å². The Hall–Kier alpha value is -2.15. The third kappa shape index (κ3) is 2.76. The molecule has 0 aromatic heterocycles. The first-order valence-electron chi connectivity index (χ1n) is 7.54. The van der Waals surface area contributed by atoms with E-state index in [1.165, 1.54) is 16.7 Å². The molecule has 7 heteroatoms. The molecule has 23 heavy (non-hydrogen) atoms. The minimum atomic E-state index is -0.444. The molecule has 2 heterocycles. The lowest BCUT2D eigenvalue weighted by molar-refractivity contribution is -0.125. The summed E-state index contributed by atoms with van der Waals surface area (Å²) in [5.41, 5.74) is 6.82. The van der Waals surface area contributed by atoms with E-state index >= 15 is 0 Å². The van der Waals surface area contributed by atoms with Gasteiger partial charge in [-0.2, -0.15) is 0 Å². The van der Waals surface area contributed by atoms with Gasteiger partial charge in [0.2, 0.25) is 5.91 Å². The molecule has 2 unspecified atom stereocenters. The highest BCUT2D eigenvalue weighted by atomic mass is 32.2. The highest BCUT2D eigenvalue weighted by Crippen LogP contribution is 2.35. The number of fused-ring (bicyclic) bond motifs is 3. The molecule has 0 spiro atoms. The topological polar surface area (TPSA) is 88.1 Å². The van der Waals surface area contributed by atoms with Crippen LogP contribution in [0.1, 0.15) is 25.8 Å². The summed E-state index contributed by atoms with van der Waals surface area (Å²) < 4.78 is 0. The number of nitrogens with zero attached hydrogens (tertiary/aromatic N) is 3. The van der Waals surface area contributed by atoms with Gasteiger partial charge in [0.15, 0.2) is 5.17 Å². The summed E-state index contributed by atoms with van der Waals surface area (Å²) in [6, 6.07) is 7.17. The summed E-state index contributed by atoms with van der Waals surface area (Å²) in [6.07, 6.45) is 0.865. The van der Waals surface area contributed by atoms with Gasteiger partial charge in [-0.3, -0.25) is 14.6 Å². The maximum atomic E-state index is 12.8. The minimum Gasteiger partial charge on any atom is -0.369 e. The number of amidine groups is 2. The van der Waals surface area contributed by atoms with Crippen molar-refractivity contribution >= 4 is 40.3 Å². The lowest BCUT2D eigenvalue weighted by Crippen LogP contribution is -2.42. The monoisotopic (exact) mass is 330 g/mol. The number of primary amides is 1. The van der Waals surface area contributed by atoms with Crippen LogP contribution in [0.5, 0.6) is 0 Å². The van der Waals surface area contributed by atoms with Crippen LogP contribution in [-0.4, -0.2) is 39.5 Å². The lowest BCUT2D eigenvalue weighted by Gasteiger charge is -2.25. The number of hydrogen-bond acceptors (Lipinski definition) is 5. The molecule has 3 rings (SSSR count). The molecule has 0 bridgehead atoms. The largest absolute Gasteiger partial charge is 0.369 e. The van der Waals surface area contributed by atoms with Crippen LogP contribution in [0.2, 0.25) is 0 Å². The molecule has 1 aromatic carbocycles.